The van der Waals surface area contributed by atoms with Crippen molar-refractivity contribution in [3.05, 3.63) is 46.0 Å². The van der Waals surface area contributed by atoms with E-state index in [9.17, 15) is 8.42 Å². The van der Waals surface area contributed by atoms with Crippen LogP contribution >= 0.6 is 22.6 Å². The van der Waals surface area contributed by atoms with Gasteiger partial charge in [0.15, 0.2) is 0 Å². The van der Waals surface area contributed by atoms with Crippen molar-refractivity contribution in [3.63, 3.8) is 0 Å². The summed E-state index contributed by atoms with van der Waals surface area (Å²) in [6, 6.07) is 11.4. The topological polar surface area (TPSA) is 81.4 Å². The van der Waals surface area contributed by atoms with Gasteiger partial charge in [0.2, 0.25) is 0 Å². The number of halogens is 1. The molecule has 0 aromatic heterocycles. The summed E-state index contributed by atoms with van der Waals surface area (Å²) in [5, 5.41) is 0. The van der Waals surface area contributed by atoms with Crippen LogP contribution in [0.1, 0.15) is 0 Å². The highest BCUT2D eigenvalue weighted by atomic mass is 127. The average Bonchev–Trinajstić information content (AvgIpc) is 2.38. The number of sulfonamides is 1. The zero-order valence-electron chi connectivity index (χ0n) is 10.6. The van der Waals surface area contributed by atoms with Crippen molar-refractivity contribution < 1.29 is 13.2 Å². The first-order valence-electron chi connectivity index (χ1n) is 5.64. The molecule has 0 aliphatic carbocycles. The summed E-state index contributed by atoms with van der Waals surface area (Å²) in [6.07, 6.45) is 0. The number of nitrogen functional groups attached to an aromatic ring is 1. The number of benzene rings is 2. The van der Waals surface area contributed by atoms with Gasteiger partial charge in [0.25, 0.3) is 10.0 Å². The summed E-state index contributed by atoms with van der Waals surface area (Å²) >= 11 is 2.11. The van der Waals surface area contributed by atoms with Crippen LogP contribution in [0.4, 0.5) is 11.4 Å². The van der Waals surface area contributed by atoms with Gasteiger partial charge >= 0.3 is 0 Å². The minimum Gasteiger partial charge on any atom is -0.495 e. The molecule has 7 heteroatoms. The third-order valence-electron chi connectivity index (χ3n) is 2.59. The Morgan fingerprint density at radius 1 is 1.20 bits per heavy atom. The van der Waals surface area contributed by atoms with Crippen LogP contribution < -0.4 is 15.2 Å². The van der Waals surface area contributed by atoms with E-state index in [1.165, 1.54) is 25.3 Å². The van der Waals surface area contributed by atoms with E-state index in [1.807, 2.05) is 6.07 Å². The van der Waals surface area contributed by atoms with Crippen LogP contribution in [0.3, 0.4) is 0 Å². The molecule has 0 bridgehead atoms. The predicted molar refractivity (Wildman–Crippen MR) is 87.4 cm³/mol. The lowest BCUT2D eigenvalue weighted by atomic mass is 10.3. The lowest BCUT2D eigenvalue weighted by molar-refractivity contribution is 0.416. The smallest absolute Gasteiger partial charge is 0.261 e. The molecule has 0 radical (unpaired) electrons. The normalized spacial score (nSPS) is 11.1. The Morgan fingerprint density at radius 3 is 2.55 bits per heavy atom. The maximum Gasteiger partial charge on any atom is 0.261 e. The molecule has 0 unspecified atom stereocenters. The molecule has 0 atom stereocenters. The second-order valence-corrected chi connectivity index (χ2v) is 6.95. The fourth-order valence-electron chi connectivity index (χ4n) is 1.65. The number of anilines is 2. The van der Waals surface area contributed by atoms with E-state index in [4.69, 9.17) is 10.5 Å². The molecular formula is C13H13IN2O3S. The molecule has 3 N–H and O–H groups in total. The largest absolute Gasteiger partial charge is 0.495 e. The zero-order valence-corrected chi connectivity index (χ0v) is 13.6. The molecule has 0 heterocycles. The van der Waals surface area contributed by atoms with Crippen molar-refractivity contribution in [3.8, 4) is 5.75 Å². The number of rotatable bonds is 4. The van der Waals surface area contributed by atoms with Gasteiger partial charge < -0.3 is 10.5 Å². The SMILES string of the molecule is COc1ccc(S(=O)(=O)Nc2cccc(I)c2)cc1N. The quantitative estimate of drug-likeness (QED) is 0.607. The predicted octanol–water partition coefficient (Wildman–Crippen LogP) is 2.68. The summed E-state index contributed by atoms with van der Waals surface area (Å²) in [5.41, 5.74) is 6.51. The lowest BCUT2D eigenvalue weighted by Gasteiger charge is -2.10. The molecule has 0 aliphatic rings. The highest BCUT2D eigenvalue weighted by molar-refractivity contribution is 14.1. The van der Waals surface area contributed by atoms with E-state index < -0.39 is 10.0 Å². The van der Waals surface area contributed by atoms with E-state index >= 15 is 0 Å². The van der Waals surface area contributed by atoms with E-state index in [2.05, 4.69) is 27.3 Å². The number of nitrogens with two attached hydrogens (primary N) is 1. The van der Waals surface area contributed by atoms with Gasteiger partial charge in [0, 0.05) is 9.26 Å². The first kappa shape index (κ1) is 14.9. The van der Waals surface area contributed by atoms with Crippen molar-refractivity contribution in [2.75, 3.05) is 17.6 Å². The van der Waals surface area contributed by atoms with Gasteiger partial charge in [-0.15, -0.1) is 0 Å². The van der Waals surface area contributed by atoms with Crippen LogP contribution in [0.2, 0.25) is 0 Å². The molecule has 20 heavy (non-hydrogen) atoms. The minimum atomic E-state index is -3.67. The first-order valence-corrected chi connectivity index (χ1v) is 8.20. The zero-order chi connectivity index (χ0) is 14.8. The fraction of sp³-hybridized carbons (Fsp3) is 0.0769. The summed E-state index contributed by atoms with van der Waals surface area (Å²) < 4.78 is 33.0. The van der Waals surface area contributed by atoms with Gasteiger partial charge in [0.05, 0.1) is 17.7 Å². The van der Waals surface area contributed by atoms with Crippen LogP contribution in [0.25, 0.3) is 0 Å². The highest BCUT2D eigenvalue weighted by Gasteiger charge is 2.16. The van der Waals surface area contributed by atoms with Crippen molar-refractivity contribution in [2.45, 2.75) is 4.90 Å². The van der Waals surface area contributed by atoms with E-state index in [0.717, 1.165) is 3.57 Å². The monoisotopic (exact) mass is 404 g/mol. The van der Waals surface area contributed by atoms with Crippen LogP contribution in [0, 0.1) is 3.57 Å². The Bertz CT molecular complexity index is 732. The van der Waals surface area contributed by atoms with Gasteiger partial charge in [-0.25, -0.2) is 8.42 Å². The third kappa shape index (κ3) is 3.34. The summed E-state index contributed by atoms with van der Waals surface area (Å²) in [6.45, 7) is 0. The third-order valence-corrected chi connectivity index (χ3v) is 4.64. The molecule has 0 fully saturated rings. The van der Waals surface area contributed by atoms with E-state index in [0.29, 0.717) is 11.4 Å². The Balaban J connectivity index is 2.33. The molecule has 0 aliphatic heterocycles. The van der Waals surface area contributed by atoms with Gasteiger partial charge in [-0.1, -0.05) is 6.07 Å². The first-order chi connectivity index (χ1) is 9.42. The molecule has 2 aromatic rings. The molecule has 2 aromatic carbocycles. The standard InChI is InChI=1S/C13H13IN2O3S/c1-19-13-6-5-11(8-12(13)15)20(17,18)16-10-4-2-3-9(14)7-10/h2-8,16H,15H2,1H3. The highest BCUT2D eigenvalue weighted by Crippen LogP contribution is 2.25. The van der Waals surface area contributed by atoms with E-state index in [1.54, 1.807) is 18.2 Å². The summed E-state index contributed by atoms with van der Waals surface area (Å²) in [5.74, 6) is 0.443. The average molecular weight is 404 g/mol. The maximum atomic E-state index is 12.3. The van der Waals surface area contributed by atoms with Crippen LogP contribution in [0.5, 0.6) is 5.75 Å². The number of hydrogen-bond donors (Lipinski definition) is 2. The van der Waals surface area contributed by atoms with E-state index in [-0.39, 0.29) is 10.6 Å². The molecule has 0 spiro atoms. The van der Waals surface area contributed by atoms with Crippen molar-refractivity contribution >= 4 is 44.0 Å². The summed E-state index contributed by atoms with van der Waals surface area (Å²) in [4.78, 5) is 0.0923. The lowest BCUT2D eigenvalue weighted by Crippen LogP contribution is -2.13. The molecule has 2 rings (SSSR count). The van der Waals surface area contributed by atoms with Crippen LogP contribution in [-0.4, -0.2) is 15.5 Å². The minimum absolute atomic E-state index is 0.0923. The second-order valence-electron chi connectivity index (χ2n) is 4.02. The van der Waals surface area contributed by atoms with Crippen molar-refractivity contribution in [2.24, 2.45) is 0 Å². The van der Waals surface area contributed by atoms with Gasteiger partial charge in [-0.05, 0) is 59.0 Å². The molecule has 0 amide bonds. The Labute approximate surface area is 131 Å². The fourth-order valence-corrected chi connectivity index (χ4v) is 3.27. The van der Waals surface area contributed by atoms with Crippen LogP contribution in [-0.2, 0) is 10.0 Å². The number of methoxy groups -OCH3 is 1. The molecule has 5 nitrogen and oxygen atoms in total. The Morgan fingerprint density at radius 2 is 1.95 bits per heavy atom. The van der Waals surface area contributed by atoms with Crippen molar-refractivity contribution in [1.82, 2.24) is 0 Å². The van der Waals surface area contributed by atoms with Crippen molar-refractivity contribution in [1.29, 1.82) is 0 Å². The maximum absolute atomic E-state index is 12.3. The van der Waals surface area contributed by atoms with Gasteiger partial charge in [-0.3, -0.25) is 4.72 Å². The molecule has 106 valence electrons. The Hall–Kier alpha value is -1.48. The molecular weight excluding hydrogens is 391 g/mol. The summed E-state index contributed by atoms with van der Waals surface area (Å²) in [7, 11) is -2.19. The molecule has 0 saturated carbocycles. The number of hydrogen-bond acceptors (Lipinski definition) is 4. The van der Waals surface area contributed by atoms with Crippen LogP contribution in [0.15, 0.2) is 47.4 Å². The van der Waals surface area contributed by atoms with Gasteiger partial charge in [0.1, 0.15) is 5.75 Å². The second kappa shape index (κ2) is 5.88. The van der Waals surface area contributed by atoms with Gasteiger partial charge in [-0.2, -0.15) is 0 Å². The number of ether oxygens (including phenoxy) is 1. The molecule has 0 saturated heterocycles. The number of nitrogens with one attached hydrogen (secondary N) is 1. The Kier molecular flexibility index (Phi) is 4.39.